The van der Waals surface area contributed by atoms with Gasteiger partial charge in [0, 0.05) is 16.1 Å². The smallest absolute Gasteiger partial charge is 0.236 e. The molecule has 0 unspecified atom stereocenters. The maximum absolute atomic E-state index is 10.9. The van der Waals surface area contributed by atoms with Crippen molar-refractivity contribution in [1.29, 1.82) is 0 Å². The fraction of sp³-hybridized carbons (Fsp3) is 0.273. The first-order chi connectivity index (χ1) is 7.37. The number of hydrogen-bond donors (Lipinski definition) is 0. The van der Waals surface area contributed by atoms with Crippen molar-refractivity contribution in [2.45, 2.75) is 19.6 Å². The van der Waals surface area contributed by atoms with Crippen LogP contribution >= 0.6 is 10.7 Å². The molecule has 2 rings (SSSR count). The molecule has 16 heavy (non-hydrogen) atoms. The molecule has 2 aromatic rings. The number of fused-ring (bicyclic) bond motifs is 1. The summed E-state index contributed by atoms with van der Waals surface area (Å²) in [7, 11) is 1.68. The molecule has 0 atom stereocenters. The maximum atomic E-state index is 10.9. The lowest BCUT2D eigenvalue weighted by Crippen LogP contribution is -1.94. The van der Waals surface area contributed by atoms with E-state index in [9.17, 15) is 8.42 Å². The van der Waals surface area contributed by atoms with Gasteiger partial charge in [0.2, 0.25) is 9.05 Å². The molecule has 0 saturated carbocycles. The van der Waals surface area contributed by atoms with Crippen LogP contribution in [0.4, 0.5) is 0 Å². The van der Waals surface area contributed by atoms with Crippen molar-refractivity contribution in [3.8, 4) is 0 Å². The van der Waals surface area contributed by atoms with E-state index >= 15 is 0 Å². The first-order valence-electron chi connectivity index (χ1n) is 4.78. The zero-order valence-electron chi connectivity index (χ0n) is 8.95. The Morgan fingerprint density at radius 3 is 2.62 bits per heavy atom. The first-order valence-corrected chi connectivity index (χ1v) is 7.25. The van der Waals surface area contributed by atoms with Crippen LogP contribution in [0.2, 0.25) is 0 Å². The number of rotatable bonds is 2. The van der Waals surface area contributed by atoms with Crippen LogP contribution < -0.4 is 0 Å². The predicted octanol–water partition coefficient (Wildman–Crippen LogP) is 3.12. The quantitative estimate of drug-likeness (QED) is 0.778. The van der Waals surface area contributed by atoms with E-state index in [4.69, 9.17) is 15.1 Å². The number of furan rings is 1. The van der Waals surface area contributed by atoms with Gasteiger partial charge in [-0.2, -0.15) is 0 Å². The Labute approximate surface area is 98.4 Å². The van der Waals surface area contributed by atoms with E-state index in [2.05, 4.69) is 0 Å². The second-order valence-electron chi connectivity index (χ2n) is 3.80. The third kappa shape index (κ3) is 2.23. The molecule has 86 valence electrons. The van der Waals surface area contributed by atoms with E-state index < -0.39 is 9.05 Å². The SMILES string of the molecule is Cc1oc2cc(CS(=O)(=O)Cl)ccc2c1C. The Balaban J connectivity index is 2.53. The van der Waals surface area contributed by atoms with Gasteiger partial charge in [0.05, 0.1) is 5.75 Å². The molecular weight excluding hydrogens is 248 g/mol. The second-order valence-corrected chi connectivity index (χ2v) is 6.57. The van der Waals surface area contributed by atoms with Crippen molar-refractivity contribution >= 4 is 30.7 Å². The molecule has 0 amide bonds. The third-order valence-corrected chi connectivity index (χ3v) is 3.59. The average Bonchev–Trinajstić information content (AvgIpc) is 2.40. The Morgan fingerprint density at radius 2 is 2.00 bits per heavy atom. The molecule has 1 aromatic carbocycles. The standard InChI is InChI=1S/C11H11ClO3S/c1-7-8(2)15-11-5-9(3-4-10(7)11)6-16(12,13)14/h3-5H,6H2,1-2H3. The Morgan fingerprint density at radius 1 is 1.31 bits per heavy atom. The van der Waals surface area contributed by atoms with Crippen LogP contribution in [0.25, 0.3) is 11.0 Å². The van der Waals surface area contributed by atoms with Gasteiger partial charge in [-0.15, -0.1) is 0 Å². The van der Waals surface area contributed by atoms with E-state index in [0.29, 0.717) is 11.1 Å². The van der Waals surface area contributed by atoms with E-state index in [-0.39, 0.29) is 5.75 Å². The molecule has 0 radical (unpaired) electrons. The molecule has 0 aliphatic carbocycles. The molecule has 0 spiro atoms. The number of aryl methyl sites for hydroxylation is 2. The Hall–Kier alpha value is -1.00. The fourth-order valence-electron chi connectivity index (χ4n) is 1.68. The average molecular weight is 259 g/mol. The summed E-state index contributed by atoms with van der Waals surface area (Å²) in [4.78, 5) is 0. The minimum absolute atomic E-state index is 0.177. The molecule has 3 nitrogen and oxygen atoms in total. The molecule has 0 bridgehead atoms. The molecule has 0 aliphatic heterocycles. The summed E-state index contributed by atoms with van der Waals surface area (Å²) in [6, 6.07) is 5.33. The molecule has 1 heterocycles. The Kier molecular flexibility index (Phi) is 2.72. The van der Waals surface area contributed by atoms with Crippen molar-refractivity contribution in [3.05, 3.63) is 35.1 Å². The van der Waals surface area contributed by atoms with Crippen molar-refractivity contribution in [2.75, 3.05) is 0 Å². The molecule has 0 N–H and O–H groups in total. The lowest BCUT2D eigenvalue weighted by Gasteiger charge is -1.97. The minimum Gasteiger partial charge on any atom is -0.461 e. The van der Waals surface area contributed by atoms with Crippen LogP contribution in [0, 0.1) is 13.8 Å². The number of halogens is 1. The Bertz CT molecular complexity index is 641. The van der Waals surface area contributed by atoms with Crippen molar-refractivity contribution in [3.63, 3.8) is 0 Å². The normalized spacial score (nSPS) is 12.2. The van der Waals surface area contributed by atoms with Gasteiger partial charge < -0.3 is 4.42 Å². The second kappa shape index (κ2) is 3.79. The highest BCUT2D eigenvalue weighted by molar-refractivity contribution is 8.13. The predicted molar refractivity (Wildman–Crippen MR) is 64.2 cm³/mol. The fourth-order valence-corrected chi connectivity index (χ4v) is 2.64. The molecular formula is C11H11ClO3S. The summed E-state index contributed by atoms with van der Waals surface area (Å²) in [5, 5.41) is 1.01. The van der Waals surface area contributed by atoms with Gasteiger partial charge in [-0.1, -0.05) is 12.1 Å². The van der Waals surface area contributed by atoms with Crippen LogP contribution in [0.5, 0.6) is 0 Å². The van der Waals surface area contributed by atoms with Crippen molar-refractivity contribution in [2.24, 2.45) is 0 Å². The highest BCUT2D eigenvalue weighted by Gasteiger charge is 2.11. The summed E-state index contributed by atoms with van der Waals surface area (Å²) in [5.74, 6) is 0.671. The lowest BCUT2D eigenvalue weighted by molar-refractivity contribution is 0.575. The van der Waals surface area contributed by atoms with E-state index in [1.165, 1.54) is 0 Å². The summed E-state index contributed by atoms with van der Waals surface area (Å²) in [6.45, 7) is 3.85. The first kappa shape index (κ1) is 11.5. The van der Waals surface area contributed by atoms with Gasteiger partial charge in [0.15, 0.2) is 0 Å². The van der Waals surface area contributed by atoms with Gasteiger partial charge >= 0.3 is 0 Å². The van der Waals surface area contributed by atoms with Crippen LogP contribution in [0.15, 0.2) is 22.6 Å². The molecule has 0 aliphatic rings. The van der Waals surface area contributed by atoms with E-state index in [1.54, 1.807) is 12.1 Å². The van der Waals surface area contributed by atoms with E-state index in [0.717, 1.165) is 16.7 Å². The summed E-state index contributed by atoms with van der Waals surface area (Å²) >= 11 is 0. The van der Waals surface area contributed by atoms with Crippen LogP contribution in [-0.2, 0) is 14.8 Å². The third-order valence-electron chi connectivity index (χ3n) is 2.58. The molecule has 0 fully saturated rings. The monoisotopic (exact) mass is 258 g/mol. The maximum Gasteiger partial charge on any atom is 0.236 e. The van der Waals surface area contributed by atoms with Crippen LogP contribution in [0.3, 0.4) is 0 Å². The van der Waals surface area contributed by atoms with E-state index in [1.807, 2.05) is 19.9 Å². The molecule has 0 saturated heterocycles. The summed E-state index contributed by atoms with van der Waals surface area (Å²) in [6.07, 6.45) is 0. The van der Waals surface area contributed by atoms with Gasteiger partial charge in [-0.3, -0.25) is 0 Å². The highest BCUT2D eigenvalue weighted by atomic mass is 35.7. The van der Waals surface area contributed by atoms with Crippen molar-refractivity contribution in [1.82, 2.24) is 0 Å². The van der Waals surface area contributed by atoms with Gasteiger partial charge in [0.25, 0.3) is 0 Å². The van der Waals surface area contributed by atoms with Crippen LogP contribution in [-0.4, -0.2) is 8.42 Å². The highest BCUT2D eigenvalue weighted by Crippen LogP contribution is 2.26. The minimum atomic E-state index is -3.52. The lowest BCUT2D eigenvalue weighted by atomic mass is 10.1. The van der Waals surface area contributed by atoms with Gasteiger partial charge in [-0.25, -0.2) is 8.42 Å². The zero-order chi connectivity index (χ0) is 11.9. The summed E-state index contributed by atoms with van der Waals surface area (Å²) in [5.41, 5.74) is 2.42. The van der Waals surface area contributed by atoms with Gasteiger partial charge in [-0.05, 0) is 31.0 Å². The molecule has 5 heteroatoms. The van der Waals surface area contributed by atoms with Gasteiger partial charge in [0.1, 0.15) is 11.3 Å². The van der Waals surface area contributed by atoms with Crippen LogP contribution in [0.1, 0.15) is 16.9 Å². The van der Waals surface area contributed by atoms with Crippen molar-refractivity contribution < 1.29 is 12.8 Å². The largest absolute Gasteiger partial charge is 0.461 e. The number of hydrogen-bond acceptors (Lipinski definition) is 3. The summed E-state index contributed by atoms with van der Waals surface area (Å²) < 4.78 is 27.4. The number of benzene rings is 1. The molecule has 1 aromatic heterocycles. The topological polar surface area (TPSA) is 47.3 Å². The zero-order valence-corrected chi connectivity index (χ0v) is 10.5.